The summed E-state index contributed by atoms with van der Waals surface area (Å²) in [5, 5.41) is 2.26. The molecule has 2 heteroatoms. The molecule has 0 unspecified atom stereocenters. The van der Waals surface area contributed by atoms with E-state index in [-0.39, 0.29) is 5.78 Å². The van der Waals surface area contributed by atoms with Gasteiger partial charge in [0.25, 0.3) is 0 Å². The van der Waals surface area contributed by atoms with Gasteiger partial charge in [0, 0.05) is 17.7 Å². The van der Waals surface area contributed by atoms with Gasteiger partial charge >= 0.3 is 0 Å². The van der Waals surface area contributed by atoms with Gasteiger partial charge in [0.05, 0.1) is 0 Å². The first-order valence-electron chi connectivity index (χ1n) is 5.74. The molecule has 0 saturated heterocycles. The predicted molar refractivity (Wildman–Crippen MR) is 76.0 cm³/mol. The van der Waals surface area contributed by atoms with Crippen LogP contribution in [0.5, 0.6) is 0 Å². The van der Waals surface area contributed by atoms with Gasteiger partial charge in [-0.3, -0.25) is 4.79 Å². The minimum absolute atomic E-state index is 0.246. The Kier molecular flexibility index (Phi) is 3.85. The fraction of sp³-hybridized carbons (Fsp3) is 0.267. The number of aryl methyl sites for hydroxylation is 1. The number of benzene rings is 2. The molecular weight excluding hydrogens is 228 g/mol. The lowest BCUT2D eigenvalue weighted by molar-refractivity contribution is 0.0991. The van der Waals surface area contributed by atoms with E-state index < -0.39 is 0 Å². The lowest BCUT2D eigenvalue weighted by Gasteiger charge is -2.07. The lowest BCUT2D eigenvalue weighted by atomic mass is 9.97. The van der Waals surface area contributed by atoms with E-state index in [1.54, 1.807) is 11.8 Å². The predicted octanol–water partition coefficient (Wildman–Crippen LogP) is 4.08. The summed E-state index contributed by atoms with van der Waals surface area (Å²) >= 11 is 1.71. The second kappa shape index (κ2) is 5.37. The van der Waals surface area contributed by atoms with E-state index in [9.17, 15) is 4.79 Å². The molecule has 0 aliphatic carbocycles. The van der Waals surface area contributed by atoms with E-state index in [1.165, 1.54) is 10.9 Å². The van der Waals surface area contributed by atoms with Crippen molar-refractivity contribution in [2.45, 2.75) is 13.3 Å². The van der Waals surface area contributed by atoms with Crippen LogP contribution in [0.25, 0.3) is 10.8 Å². The second-order valence-electron chi connectivity index (χ2n) is 4.14. The standard InChI is InChI=1S/C15H16OS/c1-11-7-8-14(15(16)9-10-17-2)13-6-4-3-5-12(11)13/h3-8H,9-10H2,1-2H3. The van der Waals surface area contributed by atoms with Crippen LogP contribution in [0.1, 0.15) is 22.3 Å². The molecular formula is C15H16OS. The van der Waals surface area contributed by atoms with Crippen LogP contribution in [0, 0.1) is 6.92 Å². The third kappa shape index (κ3) is 2.52. The molecule has 0 spiro atoms. The number of hydrogen-bond donors (Lipinski definition) is 0. The van der Waals surface area contributed by atoms with Gasteiger partial charge in [-0.25, -0.2) is 0 Å². The van der Waals surface area contributed by atoms with Crippen LogP contribution in [0.2, 0.25) is 0 Å². The molecule has 0 aromatic heterocycles. The highest BCUT2D eigenvalue weighted by atomic mass is 32.2. The van der Waals surface area contributed by atoms with Gasteiger partial charge in [-0.15, -0.1) is 0 Å². The largest absolute Gasteiger partial charge is 0.294 e. The van der Waals surface area contributed by atoms with Crippen LogP contribution in [-0.2, 0) is 0 Å². The molecule has 0 heterocycles. The number of rotatable bonds is 4. The zero-order valence-corrected chi connectivity index (χ0v) is 11.0. The maximum Gasteiger partial charge on any atom is 0.164 e. The van der Waals surface area contributed by atoms with Crippen LogP contribution in [-0.4, -0.2) is 17.8 Å². The molecule has 88 valence electrons. The maximum atomic E-state index is 12.1. The van der Waals surface area contributed by atoms with E-state index in [0.29, 0.717) is 6.42 Å². The normalized spacial score (nSPS) is 10.7. The Balaban J connectivity index is 2.48. The summed E-state index contributed by atoms with van der Waals surface area (Å²) in [4.78, 5) is 12.1. The summed E-state index contributed by atoms with van der Waals surface area (Å²) in [6, 6.07) is 12.1. The molecule has 2 rings (SSSR count). The van der Waals surface area contributed by atoms with Crippen molar-refractivity contribution in [2.75, 3.05) is 12.0 Å². The quantitative estimate of drug-likeness (QED) is 0.754. The van der Waals surface area contributed by atoms with Crippen molar-refractivity contribution < 1.29 is 4.79 Å². The van der Waals surface area contributed by atoms with Gasteiger partial charge in [0.15, 0.2) is 5.78 Å². The van der Waals surface area contributed by atoms with Gasteiger partial charge in [-0.2, -0.15) is 11.8 Å². The highest BCUT2D eigenvalue weighted by molar-refractivity contribution is 7.98. The minimum atomic E-state index is 0.246. The number of Topliss-reactive ketones (excluding diaryl/α,β-unsaturated/α-hetero) is 1. The van der Waals surface area contributed by atoms with Gasteiger partial charge < -0.3 is 0 Å². The topological polar surface area (TPSA) is 17.1 Å². The Morgan fingerprint density at radius 3 is 2.53 bits per heavy atom. The summed E-state index contributed by atoms with van der Waals surface area (Å²) in [5.41, 5.74) is 2.09. The summed E-state index contributed by atoms with van der Waals surface area (Å²) in [7, 11) is 0. The third-order valence-corrected chi connectivity index (χ3v) is 3.59. The summed E-state index contributed by atoms with van der Waals surface area (Å²) in [6.45, 7) is 2.08. The fourth-order valence-corrected chi connectivity index (χ4v) is 2.41. The van der Waals surface area contributed by atoms with Crippen molar-refractivity contribution in [1.29, 1.82) is 0 Å². The summed E-state index contributed by atoms with van der Waals surface area (Å²) in [6.07, 6.45) is 2.65. The smallest absolute Gasteiger partial charge is 0.164 e. The molecule has 0 aliphatic heterocycles. The molecule has 2 aromatic rings. The number of ketones is 1. The zero-order chi connectivity index (χ0) is 12.3. The van der Waals surface area contributed by atoms with Crippen molar-refractivity contribution >= 4 is 28.3 Å². The van der Waals surface area contributed by atoms with Crippen molar-refractivity contribution in [3.63, 3.8) is 0 Å². The summed E-state index contributed by atoms with van der Waals surface area (Å²) in [5.74, 6) is 1.14. The molecule has 17 heavy (non-hydrogen) atoms. The molecule has 0 amide bonds. The summed E-state index contributed by atoms with van der Waals surface area (Å²) < 4.78 is 0. The second-order valence-corrected chi connectivity index (χ2v) is 5.13. The molecule has 0 N–H and O–H groups in total. The van der Waals surface area contributed by atoms with Crippen LogP contribution in [0.3, 0.4) is 0 Å². The first kappa shape index (κ1) is 12.2. The molecule has 2 aromatic carbocycles. The monoisotopic (exact) mass is 244 g/mol. The molecule has 1 nitrogen and oxygen atoms in total. The Bertz CT molecular complexity index is 546. The zero-order valence-electron chi connectivity index (χ0n) is 10.2. The number of fused-ring (bicyclic) bond motifs is 1. The number of thioether (sulfide) groups is 1. The number of hydrogen-bond acceptors (Lipinski definition) is 2. The Labute approximate surface area is 106 Å². The van der Waals surface area contributed by atoms with Crippen molar-refractivity contribution in [1.82, 2.24) is 0 Å². The number of carbonyl (C=O) groups is 1. The average molecular weight is 244 g/mol. The molecule has 0 aliphatic rings. The molecule has 0 bridgehead atoms. The van der Waals surface area contributed by atoms with Crippen LogP contribution < -0.4 is 0 Å². The molecule has 0 radical (unpaired) electrons. The Hall–Kier alpha value is -1.28. The molecule has 0 fully saturated rings. The minimum Gasteiger partial charge on any atom is -0.294 e. The maximum absolute atomic E-state index is 12.1. The average Bonchev–Trinajstić information content (AvgIpc) is 2.37. The first-order valence-corrected chi connectivity index (χ1v) is 7.14. The van der Waals surface area contributed by atoms with E-state index in [2.05, 4.69) is 13.0 Å². The van der Waals surface area contributed by atoms with E-state index >= 15 is 0 Å². The van der Waals surface area contributed by atoms with Crippen LogP contribution in [0.15, 0.2) is 36.4 Å². The van der Waals surface area contributed by atoms with Gasteiger partial charge in [-0.1, -0.05) is 36.4 Å². The Morgan fingerprint density at radius 1 is 1.12 bits per heavy atom. The Morgan fingerprint density at radius 2 is 1.82 bits per heavy atom. The van der Waals surface area contributed by atoms with Crippen molar-refractivity contribution in [3.05, 3.63) is 47.5 Å². The third-order valence-electron chi connectivity index (χ3n) is 2.98. The SMILES string of the molecule is CSCCC(=O)c1ccc(C)c2ccccc12. The van der Waals surface area contributed by atoms with E-state index in [1.807, 2.05) is 36.6 Å². The van der Waals surface area contributed by atoms with Gasteiger partial charge in [0.2, 0.25) is 0 Å². The molecule has 0 atom stereocenters. The van der Waals surface area contributed by atoms with Gasteiger partial charge in [0.1, 0.15) is 0 Å². The van der Waals surface area contributed by atoms with Crippen molar-refractivity contribution in [3.8, 4) is 0 Å². The highest BCUT2D eigenvalue weighted by Crippen LogP contribution is 2.23. The number of carbonyl (C=O) groups excluding carboxylic acids is 1. The van der Waals surface area contributed by atoms with E-state index in [0.717, 1.165) is 16.7 Å². The first-order chi connectivity index (χ1) is 8.24. The van der Waals surface area contributed by atoms with E-state index in [4.69, 9.17) is 0 Å². The fourth-order valence-electron chi connectivity index (χ4n) is 2.02. The van der Waals surface area contributed by atoms with Crippen LogP contribution >= 0.6 is 11.8 Å². The van der Waals surface area contributed by atoms with Crippen LogP contribution in [0.4, 0.5) is 0 Å². The van der Waals surface area contributed by atoms with Crippen molar-refractivity contribution in [2.24, 2.45) is 0 Å². The highest BCUT2D eigenvalue weighted by Gasteiger charge is 2.10. The van der Waals surface area contributed by atoms with Gasteiger partial charge in [-0.05, 0) is 29.5 Å². The lowest BCUT2D eigenvalue weighted by Crippen LogP contribution is -2.01. The molecule has 0 saturated carbocycles.